The number of hydrogen-bond acceptors (Lipinski definition) is 6. The van der Waals surface area contributed by atoms with Crippen LogP contribution in [0.4, 0.5) is 0 Å². The fraction of sp³-hybridized carbons (Fsp3) is 0.632. The number of amides is 1. The van der Waals surface area contributed by atoms with Gasteiger partial charge in [-0.3, -0.25) is 4.79 Å². The molecule has 6 nitrogen and oxygen atoms in total. The highest BCUT2D eigenvalue weighted by Crippen LogP contribution is 2.26. The van der Waals surface area contributed by atoms with Gasteiger partial charge in [0, 0.05) is 13.1 Å². The number of rotatable bonds is 9. The van der Waals surface area contributed by atoms with Gasteiger partial charge in [-0.25, -0.2) is 0 Å². The Morgan fingerprint density at radius 3 is 2.78 bits per heavy atom. The number of thiophene rings is 1. The molecule has 27 heavy (non-hydrogen) atoms. The molecule has 0 aliphatic carbocycles. The van der Waals surface area contributed by atoms with E-state index >= 15 is 0 Å². The molecule has 0 unspecified atom stereocenters. The number of hydrogen-bond donors (Lipinski definition) is 1. The third-order valence-electron chi connectivity index (χ3n) is 4.78. The maximum atomic E-state index is 12.2. The van der Waals surface area contributed by atoms with E-state index in [1.54, 1.807) is 11.3 Å². The van der Waals surface area contributed by atoms with E-state index in [1.807, 2.05) is 17.5 Å². The van der Waals surface area contributed by atoms with E-state index in [9.17, 15) is 4.79 Å². The second-order valence-electron chi connectivity index (χ2n) is 6.78. The molecule has 2 aromatic heterocycles. The summed E-state index contributed by atoms with van der Waals surface area (Å²) >= 11 is 3.11. The molecule has 1 N–H and O–H groups in total. The van der Waals surface area contributed by atoms with E-state index in [0.29, 0.717) is 5.75 Å². The third kappa shape index (κ3) is 6.05. The van der Waals surface area contributed by atoms with Gasteiger partial charge in [0.15, 0.2) is 11.0 Å². The number of nitrogens with one attached hydrogen (secondary N) is 1. The fourth-order valence-corrected chi connectivity index (χ4v) is 4.89. The summed E-state index contributed by atoms with van der Waals surface area (Å²) in [4.78, 5) is 15.8. The van der Waals surface area contributed by atoms with Gasteiger partial charge < -0.3 is 14.8 Å². The zero-order valence-electron chi connectivity index (χ0n) is 16.0. The first-order valence-electron chi connectivity index (χ1n) is 9.87. The zero-order valence-corrected chi connectivity index (χ0v) is 17.7. The lowest BCUT2D eigenvalue weighted by molar-refractivity contribution is -0.118. The maximum absolute atomic E-state index is 12.2. The van der Waals surface area contributed by atoms with E-state index in [1.165, 1.54) is 50.5 Å². The molecule has 1 fully saturated rings. The number of aromatic nitrogens is 3. The van der Waals surface area contributed by atoms with Gasteiger partial charge in [-0.15, -0.1) is 21.5 Å². The topological polar surface area (TPSA) is 63.1 Å². The van der Waals surface area contributed by atoms with Crippen molar-refractivity contribution < 1.29 is 4.79 Å². The van der Waals surface area contributed by atoms with Crippen LogP contribution < -0.4 is 5.32 Å². The first-order valence-corrected chi connectivity index (χ1v) is 11.7. The Hall–Kier alpha value is -1.38. The Balaban J connectivity index is 1.39. The first kappa shape index (κ1) is 20.4. The van der Waals surface area contributed by atoms with Gasteiger partial charge in [0.1, 0.15) is 0 Å². The fourth-order valence-electron chi connectivity index (χ4n) is 3.34. The summed E-state index contributed by atoms with van der Waals surface area (Å²) in [5.41, 5.74) is 0. The Morgan fingerprint density at radius 1 is 1.26 bits per heavy atom. The molecule has 148 valence electrons. The second-order valence-corrected chi connectivity index (χ2v) is 8.67. The monoisotopic (exact) mass is 407 g/mol. The average Bonchev–Trinajstić information content (AvgIpc) is 3.27. The van der Waals surface area contributed by atoms with E-state index in [2.05, 4.69) is 31.9 Å². The Labute approximate surface area is 169 Å². The molecule has 0 spiro atoms. The van der Waals surface area contributed by atoms with Gasteiger partial charge in [0.05, 0.1) is 10.6 Å². The Morgan fingerprint density at radius 2 is 2.07 bits per heavy atom. The molecule has 0 radical (unpaired) electrons. The number of thioether (sulfide) groups is 1. The second kappa shape index (κ2) is 10.8. The average molecular weight is 408 g/mol. The number of likely N-dealkylation sites (tertiary alicyclic amines) is 1. The molecule has 8 heteroatoms. The van der Waals surface area contributed by atoms with Crippen molar-refractivity contribution in [2.45, 2.75) is 50.7 Å². The van der Waals surface area contributed by atoms with Gasteiger partial charge in [-0.05, 0) is 57.3 Å². The summed E-state index contributed by atoms with van der Waals surface area (Å²) in [6.07, 6.45) is 6.37. The van der Waals surface area contributed by atoms with Crippen molar-refractivity contribution in [3.63, 3.8) is 0 Å². The van der Waals surface area contributed by atoms with Crippen LogP contribution in [0.15, 0.2) is 22.7 Å². The van der Waals surface area contributed by atoms with Crippen LogP contribution in [0.1, 0.15) is 39.0 Å². The van der Waals surface area contributed by atoms with Crippen molar-refractivity contribution in [3.05, 3.63) is 17.5 Å². The molecule has 1 aliphatic heterocycles. The van der Waals surface area contributed by atoms with Crippen LogP contribution in [0.3, 0.4) is 0 Å². The normalized spacial score (nSPS) is 15.6. The third-order valence-corrected chi connectivity index (χ3v) is 6.61. The Kier molecular flexibility index (Phi) is 8.16. The molecule has 2 aromatic rings. The minimum absolute atomic E-state index is 0.0687. The number of carbonyl (C=O) groups is 1. The number of nitrogens with zero attached hydrogens (tertiary/aromatic N) is 4. The minimum Gasteiger partial charge on any atom is -0.355 e. The van der Waals surface area contributed by atoms with Crippen LogP contribution in [-0.4, -0.2) is 57.5 Å². The van der Waals surface area contributed by atoms with Gasteiger partial charge in [0.2, 0.25) is 5.91 Å². The van der Waals surface area contributed by atoms with Gasteiger partial charge >= 0.3 is 0 Å². The van der Waals surface area contributed by atoms with Crippen molar-refractivity contribution in [3.8, 4) is 10.7 Å². The first-order chi connectivity index (χ1) is 13.3. The van der Waals surface area contributed by atoms with Crippen LogP contribution in [-0.2, 0) is 11.3 Å². The predicted octanol–water partition coefficient (Wildman–Crippen LogP) is 3.50. The molecule has 0 saturated carbocycles. The molecular weight excluding hydrogens is 378 g/mol. The van der Waals surface area contributed by atoms with Crippen LogP contribution in [0.25, 0.3) is 10.7 Å². The summed E-state index contributed by atoms with van der Waals surface area (Å²) in [6.45, 7) is 7.12. The molecule has 1 aliphatic rings. The molecule has 3 rings (SSSR count). The van der Waals surface area contributed by atoms with Crippen molar-refractivity contribution in [1.29, 1.82) is 0 Å². The quantitative estimate of drug-likeness (QED) is 0.509. The smallest absolute Gasteiger partial charge is 0.230 e. The minimum atomic E-state index is 0.0687. The maximum Gasteiger partial charge on any atom is 0.230 e. The van der Waals surface area contributed by atoms with Crippen molar-refractivity contribution >= 4 is 29.0 Å². The van der Waals surface area contributed by atoms with Crippen LogP contribution in [0.2, 0.25) is 0 Å². The highest BCUT2D eigenvalue weighted by Gasteiger charge is 2.15. The van der Waals surface area contributed by atoms with Crippen molar-refractivity contribution in [2.24, 2.45) is 0 Å². The molecule has 1 amide bonds. The standard InChI is InChI=1S/C19H29N5OS2/c1-2-24-18(16-9-7-14-26-16)21-22-19(24)27-15-17(25)20-10-8-13-23-11-5-3-4-6-12-23/h7,9,14H,2-6,8,10-13,15H2,1H3,(H,20,25). The molecular formula is C19H29N5OS2. The van der Waals surface area contributed by atoms with Crippen LogP contribution in [0.5, 0.6) is 0 Å². The van der Waals surface area contributed by atoms with Gasteiger partial charge in [-0.1, -0.05) is 30.7 Å². The zero-order chi connectivity index (χ0) is 18.9. The molecule has 3 heterocycles. The summed E-state index contributed by atoms with van der Waals surface area (Å²) in [7, 11) is 0. The van der Waals surface area contributed by atoms with Crippen molar-refractivity contribution in [1.82, 2.24) is 25.0 Å². The van der Waals surface area contributed by atoms with E-state index in [-0.39, 0.29) is 5.91 Å². The van der Waals surface area contributed by atoms with Crippen LogP contribution >= 0.6 is 23.1 Å². The summed E-state index contributed by atoms with van der Waals surface area (Å²) in [6, 6.07) is 4.06. The van der Waals surface area contributed by atoms with Gasteiger partial charge in [-0.2, -0.15) is 0 Å². The van der Waals surface area contributed by atoms with E-state index < -0.39 is 0 Å². The lowest BCUT2D eigenvalue weighted by Crippen LogP contribution is -2.31. The molecule has 0 atom stereocenters. The summed E-state index contributed by atoms with van der Waals surface area (Å²) in [5.74, 6) is 1.33. The molecule has 0 aromatic carbocycles. The van der Waals surface area contributed by atoms with Gasteiger partial charge in [0.25, 0.3) is 0 Å². The highest BCUT2D eigenvalue weighted by molar-refractivity contribution is 7.99. The van der Waals surface area contributed by atoms with Crippen molar-refractivity contribution in [2.75, 3.05) is 31.9 Å². The SMILES string of the molecule is CCn1c(SCC(=O)NCCCN2CCCCCC2)nnc1-c1cccs1. The van der Waals surface area contributed by atoms with Crippen LogP contribution in [0, 0.1) is 0 Å². The lowest BCUT2D eigenvalue weighted by atomic mass is 10.2. The van der Waals surface area contributed by atoms with E-state index in [4.69, 9.17) is 0 Å². The summed E-state index contributed by atoms with van der Waals surface area (Å²) < 4.78 is 2.07. The summed E-state index contributed by atoms with van der Waals surface area (Å²) in [5, 5.41) is 14.5. The Bertz CT molecular complexity index is 693. The largest absolute Gasteiger partial charge is 0.355 e. The van der Waals surface area contributed by atoms with E-state index in [0.717, 1.165) is 41.9 Å². The molecule has 0 bridgehead atoms. The molecule has 1 saturated heterocycles. The highest BCUT2D eigenvalue weighted by atomic mass is 32.2. The predicted molar refractivity (Wildman–Crippen MR) is 112 cm³/mol. The lowest BCUT2D eigenvalue weighted by Gasteiger charge is -2.19. The number of carbonyl (C=O) groups excluding carboxylic acids is 1.